The normalized spacial score (nSPS) is 15.2. The number of anilines is 2. The van der Waals surface area contributed by atoms with E-state index in [9.17, 15) is 4.79 Å². The molecule has 2 aromatic rings. The zero-order valence-corrected chi connectivity index (χ0v) is 18.3. The number of nitrogens with one attached hydrogen (secondary N) is 1. The molecule has 7 nitrogen and oxygen atoms in total. The summed E-state index contributed by atoms with van der Waals surface area (Å²) in [6, 6.07) is 17.9. The minimum Gasteiger partial charge on any atom is -0.493 e. The van der Waals surface area contributed by atoms with E-state index in [1.54, 1.807) is 7.11 Å². The number of methoxy groups -OCH3 is 1. The molecular weight excluding hydrogens is 404 g/mol. The third-order valence-corrected chi connectivity index (χ3v) is 5.43. The lowest BCUT2D eigenvalue weighted by Crippen LogP contribution is -2.24. The van der Waals surface area contributed by atoms with Gasteiger partial charge in [0.25, 0.3) is 0 Å². The Morgan fingerprint density at radius 3 is 2.69 bits per heavy atom. The van der Waals surface area contributed by atoms with Crippen LogP contribution in [0.25, 0.3) is 0 Å². The Labute approximate surface area is 189 Å². The summed E-state index contributed by atoms with van der Waals surface area (Å²) >= 11 is 0. The fourth-order valence-corrected chi connectivity index (χ4v) is 3.76. The highest BCUT2D eigenvalue weighted by atomic mass is 16.5. The van der Waals surface area contributed by atoms with Crippen LogP contribution in [0.2, 0.25) is 0 Å². The maximum absolute atomic E-state index is 12.8. The van der Waals surface area contributed by atoms with E-state index >= 15 is 0 Å². The van der Waals surface area contributed by atoms with E-state index in [2.05, 4.69) is 17.5 Å². The number of carbonyl (C=O) groups excluding carboxylic acids is 1. The number of nitrogens with zero attached hydrogens (tertiary/aromatic N) is 3. The van der Waals surface area contributed by atoms with Crippen molar-refractivity contribution in [2.24, 2.45) is 0 Å². The third-order valence-electron chi connectivity index (χ3n) is 5.43. The molecule has 7 heteroatoms. The smallest absolute Gasteiger partial charge is 0.227 e. The van der Waals surface area contributed by atoms with Crippen molar-refractivity contribution >= 4 is 17.3 Å². The number of carbonyl (C=O) groups is 1. The molecule has 0 aromatic heterocycles. The molecule has 1 N–H and O–H groups in total. The molecule has 1 aliphatic rings. The Morgan fingerprint density at radius 2 is 1.91 bits per heavy atom. The summed E-state index contributed by atoms with van der Waals surface area (Å²) in [6.07, 6.45) is 2.83. The summed E-state index contributed by atoms with van der Waals surface area (Å²) in [7, 11) is 1.60. The van der Waals surface area contributed by atoms with Gasteiger partial charge in [0.05, 0.1) is 25.9 Å². The minimum atomic E-state index is 0.0575. The van der Waals surface area contributed by atoms with Gasteiger partial charge in [0.1, 0.15) is 0 Å². The van der Waals surface area contributed by atoms with Crippen molar-refractivity contribution in [2.45, 2.75) is 38.0 Å². The van der Waals surface area contributed by atoms with Crippen LogP contribution in [0.3, 0.4) is 0 Å². The van der Waals surface area contributed by atoms with Crippen molar-refractivity contribution in [1.29, 1.82) is 10.5 Å². The van der Waals surface area contributed by atoms with Gasteiger partial charge in [-0.1, -0.05) is 12.1 Å². The van der Waals surface area contributed by atoms with Gasteiger partial charge >= 0.3 is 0 Å². The highest BCUT2D eigenvalue weighted by Gasteiger charge is 2.32. The summed E-state index contributed by atoms with van der Waals surface area (Å²) in [4.78, 5) is 14.6. The number of ether oxygens (including phenoxy) is 2. The molecule has 1 heterocycles. The molecule has 2 aromatic carbocycles. The van der Waals surface area contributed by atoms with Gasteiger partial charge in [-0.25, -0.2) is 0 Å². The first-order chi connectivity index (χ1) is 15.7. The van der Waals surface area contributed by atoms with Gasteiger partial charge in [-0.05, 0) is 48.7 Å². The average Bonchev–Trinajstić information content (AvgIpc) is 3.21. The van der Waals surface area contributed by atoms with Crippen LogP contribution in [0.4, 0.5) is 11.4 Å². The van der Waals surface area contributed by atoms with Crippen molar-refractivity contribution < 1.29 is 14.3 Å². The molecule has 166 valence electrons. The van der Waals surface area contributed by atoms with Crippen LogP contribution in [0.15, 0.2) is 42.5 Å². The van der Waals surface area contributed by atoms with E-state index in [4.69, 9.17) is 20.0 Å². The molecule has 1 amide bonds. The first-order valence-electron chi connectivity index (χ1n) is 10.8. The highest BCUT2D eigenvalue weighted by Crippen LogP contribution is 2.37. The standard InChI is InChI=1S/C25H28N4O3/c1-31-23-10-9-19(15-24(23)32-14-5-3-12-27)20-16-25(30)29(18-20)22-8-6-7-21(17-22)28-13-4-2-11-26/h6-10,15,17,20,28H,2-5,13-14,16,18H2,1H3/t20-/m0/s1. The molecule has 3 rings (SSSR count). The number of hydrogen-bond donors (Lipinski definition) is 1. The number of benzene rings is 2. The maximum Gasteiger partial charge on any atom is 0.227 e. The van der Waals surface area contributed by atoms with Gasteiger partial charge in [0, 0.05) is 49.6 Å². The zero-order chi connectivity index (χ0) is 22.8. The monoisotopic (exact) mass is 432 g/mol. The molecule has 0 bridgehead atoms. The molecular formula is C25H28N4O3. The van der Waals surface area contributed by atoms with Gasteiger partial charge in [-0.15, -0.1) is 0 Å². The van der Waals surface area contributed by atoms with E-state index in [1.807, 2.05) is 47.4 Å². The lowest BCUT2D eigenvalue weighted by Gasteiger charge is -2.19. The van der Waals surface area contributed by atoms with E-state index in [0.717, 1.165) is 29.9 Å². The summed E-state index contributed by atoms with van der Waals surface area (Å²) in [5, 5.41) is 20.7. The zero-order valence-electron chi connectivity index (χ0n) is 18.3. The van der Waals surface area contributed by atoms with Crippen LogP contribution < -0.4 is 19.7 Å². The third kappa shape index (κ3) is 5.92. The van der Waals surface area contributed by atoms with E-state index in [0.29, 0.717) is 50.3 Å². The summed E-state index contributed by atoms with van der Waals surface area (Å²) < 4.78 is 11.2. The molecule has 0 aliphatic carbocycles. The lowest BCUT2D eigenvalue weighted by molar-refractivity contribution is -0.117. The summed E-state index contributed by atoms with van der Waals surface area (Å²) in [5.74, 6) is 1.42. The van der Waals surface area contributed by atoms with Crippen LogP contribution in [-0.4, -0.2) is 32.7 Å². The Kier molecular flexibility index (Phi) is 8.34. The number of unbranched alkanes of at least 4 members (excludes halogenated alkanes) is 2. The Bertz CT molecular complexity index is 1010. The average molecular weight is 433 g/mol. The second-order valence-electron chi connectivity index (χ2n) is 7.66. The maximum atomic E-state index is 12.8. The number of hydrogen-bond acceptors (Lipinski definition) is 6. The second-order valence-corrected chi connectivity index (χ2v) is 7.66. The molecule has 1 atom stereocenters. The van der Waals surface area contributed by atoms with Gasteiger partial charge in [0.2, 0.25) is 5.91 Å². The quantitative estimate of drug-likeness (QED) is 0.521. The Hall–Kier alpha value is -3.71. The largest absolute Gasteiger partial charge is 0.493 e. The van der Waals surface area contributed by atoms with Crippen molar-refractivity contribution in [3.63, 3.8) is 0 Å². The topological polar surface area (TPSA) is 98.4 Å². The minimum absolute atomic E-state index is 0.0575. The fourth-order valence-electron chi connectivity index (χ4n) is 3.76. The van der Waals surface area contributed by atoms with Crippen LogP contribution >= 0.6 is 0 Å². The molecule has 0 unspecified atom stereocenters. The molecule has 0 spiro atoms. The molecule has 0 radical (unpaired) electrons. The summed E-state index contributed by atoms with van der Waals surface area (Å²) in [5.41, 5.74) is 2.83. The van der Waals surface area contributed by atoms with Crippen LogP contribution in [-0.2, 0) is 4.79 Å². The predicted molar refractivity (Wildman–Crippen MR) is 123 cm³/mol. The van der Waals surface area contributed by atoms with Crippen LogP contribution in [0.5, 0.6) is 11.5 Å². The SMILES string of the molecule is COc1ccc([C@H]2CC(=O)N(c3cccc(NCCCC#N)c3)C2)cc1OCCCC#N. The van der Waals surface area contributed by atoms with Crippen LogP contribution in [0, 0.1) is 22.7 Å². The molecule has 0 saturated carbocycles. The predicted octanol–water partition coefficient (Wildman–Crippen LogP) is 4.61. The summed E-state index contributed by atoms with van der Waals surface area (Å²) in [6.45, 7) is 1.75. The highest BCUT2D eigenvalue weighted by molar-refractivity contribution is 5.97. The molecule has 1 aliphatic heterocycles. The van der Waals surface area contributed by atoms with Crippen molar-refractivity contribution in [1.82, 2.24) is 0 Å². The second kappa shape index (κ2) is 11.6. The van der Waals surface area contributed by atoms with Gasteiger partial charge < -0.3 is 19.7 Å². The van der Waals surface area contributed by atoms with Crippen LogP contribution in [0.1, 0.15) is 43.6 Å². The number of rotatable bonds is 11. The number of amides is 1. The van der Waals surface area contributed by atoms with Gasteiger partial charge in [0.15, 0.2) is 11.5 Å². The first-order valence-corrected chi connectivity index (χ1v) is 10.8. The molecule has 1 fully saturated rings. The van der Waals surface area contributed by atoms with E-state index in [-0.39, 0.29) is 11.8 Å². The van der Waals surface area contributed by atoms with E-state index < -0.39 is 0 Å². The van der Waals surface area contributed by atoms with Crippen molar-refractivity contribution in [3.05, 3.63) is 48.0 Å². The van der Waals surface area contributed by atoms with E-state index in [1.165, 1.54) is 0 Å². The van der Waals surface area contributed by atoms with Crippen molar-refractivity contribution in [2.75, 3.05) is 37.0 Å². The lowest BCUT2D eigenvalue weighted by atomic mass is 9.98. The Morgan fingerprint density at radius 1 is 1.09 bits per heavy atom. The molecule has 32 heavy (non-hydrogen) atoms. The van der Waals surface area contributed by atoms with Gasteiger partial charge in [-0.3, -0.25) is 4.79 Å². The number of nitriles is 2. The Balaban J connectivity index is 1.69. The fraction of sp³-hybridized carbons (Fsp3) is 0.400. The van der Waals surface area contributed by atoms with Gasteiger partial charge in [-0.2, -0.15) is 10.5 Å². The molecule has 1 saturated heterocycles. The van der Waals surface area contributed by atoms with Crippen molar-refractivity contribution in [3.8, 4) is 23.6 Å². The first kappa shape index (κ1) is 23.0.